The van der Waals surface area contributed by atoms with Gasteiger partial charge >= 0.3 is 0 Å². The fourth-order valence-electron chi connectivity index (χ4n) is 2.04. The van der Waals surface area contributed by atoms with E-state index in [-0.39, 0.29) is 0 Å². The fourth-order valence-corrected chi connectivity index (χ4v) is 6.75. The van der Waals surface area contributed by atoms with Gasteiger partial charge in [0.1, 0.15) is 0 Å². The van der Waals surface area contributed by atoms with Crippen molar-refractivity contribution in [3.63, 3.8) is 0 Å². The smallest absolute Gasteiger partial charge is 0.187 e. The molecule has 0 N–H and O–H groups in total. The Morgan fingerprint density at radius 3 is 2.06 bits per heavy atom. The van der Waals surface area contributed by atoms with Gasteiger partial charge < -0.3 is 8.85 Å². The van der Waals surface area contributed by atoms with Crippen LogP contribution in [0.2, 0.25) is 31.7 Å². The molecule has 0 aliphatic heterocycles. The van der Waals surface area contributed by atoms with E-state index < -0.39 is 17.4 Å². The molecule has 0 aromatic heterocycles. The van der Waals surface area contributed by atoms with Crippen molar-refractivity contribution in [3.05, 3.63) is 0 Å². The first-order valence-electron chi connectivity index (χ1n) is 6.56. The number of hydrogen-bond donors (Lipinski definition) is 0. The molecule has 2 nitrogen and oxygen atoms in total. The molecule has 0 radical (unpaired) electrons. The molecule has 0 spiro atoms. The summed E-state index contributed by atoms with van der Waals surface area (Å²) >= 11 is 0. The van der Waals surface area contributed by atoms with E-state index in [0.717, 1.165) is 0 Å². The summed E-state index contributed by atoms with van der Waals surface area (Å²) in [5.74, 6) is 0. The Balaban J connectivity index is 3.71. The summed E-state index contributed by atoms with van der Waals surface area (Å²) in [6.07, 6.45) is 2.06. The van der Waals surface area contributed by atoms with Gasteiger partial charge in [-0.3, -0.25) is 0 Å². The van der Waals surface area contributed by atoms with Gasteiger partial charge in [0.05, 0.1) is 0 Å². The molecule has 0 aliphatic rings. The summed E-state index contributed by atoms with van der Waals surface area (Å²) in [6, 6.07) is 2.56. The van der Waals surface area contributed by atoms with E-state index >= 15 is 0 Å². The fraction of sp³-hybridized carbons (Fsp3) is 1.00. The highest BCUT2D eigenvalue weighted by Gasteiger charge is 2.23. The van der Waals surface area contributed by atoms with Crippen LogP contribution in [0, 0.1) is 0 Å². The molecule has 4 heteroatoms. The van der Waals surface area contributed by atoms with Crippen molar-refractivity contribution in [2.24, 2.45) is 0 Å². The van der Waals surface area contributed by atoms with Crippen LogP contribution < -0.4 is 0 Å². The second-order valence-corrected chi connectivity index (χ2v) is 12.5. The molecule has 0 aromatic carbocycles. The van der Waals surface area contributed by atoms with Gasteiger partial charge in [-0.25, -0.2) is 0 Å². The lowest BCUT2D eigenvalue weighted by molar-refractivity contribution is 0.230. The van der Waals surface area contributed by atoms with Crippen molar-refractivity contribution in [2.45, 2.75) is 78.1 Å². The van der Waals surface area contributed by atoms with Crippen molar-refractivity contribution in [1.29, 1.82) is 0 Å². The van der Waals surface area contributed by atoms with Crippen molar-refractivity contribution >= 4 is 17.4 Å². The van der Waals surface area contributed by atoms with E-state index in [2.05, 4.69) is 47.3 Å². The van der Waals surface area contributed by atoms with Crippen LogP contribution in [0.25, 0.3) is 0 Å². The third-order valence-corrected chi connectivity index (χ3v) is 7.35. The summed E-state index contributed by atoms with van der Waals surface area (Å²) < 4.78 is 11.9. The maximum Gasteiger partial charge on any atom is 0.187 e. The molecule has 1 atom stereocenters. The first-order chi connectivity index (χ1) is 7.23. The van der Waals surface area contributed by atoms with Gasteiger partial charge in [-0.2, -0.15) is 0 Å². The maximum absolute atomic E-state index is 6.01. The first-order valence-corrected chi connectivity index (χ1v) is 12.1. The molecule has 16 heavy (non-hydrogen) atoms. The number of hydrogen-bond acceptors (Lipinski definition) is 2. The molecule has 0 fully saturated rings. The Morgan fingerprint density at radius 2 is 1.62 bits per heavy atom. The zero-order valence-electron chi connectivity index (χ0n) is 12.2. The molecule has 1 unspecified atom stereocenters. The Labute approximate surface area is 105 Å². The third kappa shape index (κ3) is 9.57. The topological polar surface area (TPSA) is 18.5 Å². The van der Waals surface area contributed by atoms with Crippen molar-refractivity contribution in [1.82, 2.24) is 0 Å². The molecule has 0 rings (SSSR count). The lowest BCUT2D eigenvalue weighted by atomic mass is 10.5. The van der Waals surface area contributed by atoms with E-state index in [1.165, 1.54) is 18.5 Å². The van der Waals surface area contributed by atoms with E-state index in [4.69, 9.17) is 8.85 Å². The van der Waals surface area contributed by atoms with Crippen LogP contribution in [-0.2, 0) is 8.85 Å². The van der Waals surface area contributed by atoms with Gasteiger partial charge in [0.15, 0.2) is 17.4 Å². The minimum absolute atomic E-state index is 0.378. The molecule has 98 valence electrons. The van der Waals surface area contributed by atoms with Crippen molar-refractivity contribution in [2.75, 3.05) is 0 Å². The van der Waals surface area contributed by atoms with E-state index in [1.807, 2.05) is 0 Å². The molecular weight excluding hydrogens is 232 g/mol. The summed E-state index contributed by atoms with van der Waals surface area (Å²) in [6.45, 7) is 15.5. The molecule has 0 heterocycles. The molecule has 0 bridgehead atoms. The average molecular weight is 263 g/mol. The quantitative estimate of drug-likeness (QED) is 0.620. The standard InChI is InChI=1S/C12H30O2Si2/c1-11(2)13-15(5)9-8-10-16(6,7)14-12(3)4/h11-12,15H,8-10H2,1-7H3. The van der Waals surface area contributed by atoms with Gasteiger partial charge in [-0.05, 0) is 59.4 Å². The van der Waals surface area contributed by atoms with Crippen LogP contribution in [0.3, 0.4) is 0 Å². The Hall–Kier alpha value is 0.354. The largest absolute Gasteiger partial charge is 0.418 e. The normalized spacial score (nSPS) is 14.8. The molecule has 0 aromatic rings. The highest BCUT2D eigenvalue weighted by Crippen LogP contribution is 2.18. The van der Waals surface area contributed by atoms with Gasteiger partial charge in [0.25, 0.3) is 0 Å². The Kier molecular flexibility index (Phi) is 7.80. The molecule has 0 aliphatic carbocycles. The first kappa shape index (κ1) is 16.4. The molecule has 0 saturated heterocycles. The summed E-state index contributed by atoms with van der Waals surface area (Å²) in [4.78, 5) is 0. The molecule has 0 saturated carbocycles. The zero-order valence-corrected chi connectivity index (χ0v) is 14.3. The second-order valence-electron chi connectivity index (χ2n) is 5.81. The van der Waals surface area contributed by atoms with E-state index in [0.29, 0.717) is 12.2 Å². The summed E-state index contributed by atoms with van der Waals surface area (Å²) in [7, 11) is -2.33. The van der Waals surface area contributed by atoms with Crippen molar-refractivity contribution in [3.8, 4) is 0 Å². The summed E-state index contributed by atoms with van der Waals surface area (Å²) in [5.41, 5.74) is 0. The lowest BCUT2D eigenvalue weighted by Gasteiger charge is -2.26. The minimum atomic E-state index is -1.41. The minimum Gasteiger partial charge on any atom is -0.418 e. The van der Waals surface area contributed by atoms with Crippen LogP contribution in [0.15, 0.2) is 0 Å². The molecule has 0 amide bonds. The van der Waals surface area contributed by atoms with Crippen LogP contribution in [0.1, 0.15) is 34.1 Å². The van der Waals surface area contributed by atoms with Crippen LogP contribution in [0.4, 0.5) is 0 Å². The predicted molar refractivity (Wildman–Crippen MR) is 77.2 cm³/mol. The highest BCUT2D eigenvalue weighted by molar-refractivity contribution is 6.71. The maximum atomic E-state index is 6.01. The zero-order chi connectivity index (χ0) is 12.8. The third-order valence-electron chi connectivity index (χ3n) is 2.45. The van der Waals surface area contributed by atoms with Crippen molar-refractivity contribution < 1.29 is 8.85 Å². The van der Waals surface area contributed by atoms with Gasteiger partial charge in [0, 0.05) is 12.2 Å². The lowest BCUT2D eigenvalue weighted by Crippen LogP contribution is -2.33. The van der Waals surface area contributed by atoms with Gasteiger partial charge in [-0.1, -0.05) is 6.42 Å². The average Bonchev–Trinajstić information content (AvgIpc) is 1.98. The second kappa shape index (κ2) is 7.64. The Bertz CT molecular complexity index is 182. The molecular formula is C12H30O2Si2. The van der Waals surface area contributed by atoms with Crippen LogP contribution in [0.5, 0.6) is 0 Å². The van der Waals surface area contributed by atoms with Gasteiger partial charge in [-0.15, -0.1) is 0 Å². The monoisotopic (exact) mass is 262 g/mol. The highest BCUT2D eigenvalue weighted by atomic mass is 28.4. The van der Waals surface area contributed by atoms with Gasteiger partial charge in [0.2, 0.25) is 0 Å². The summed E-state index contributed by atoms with van der Waals surface area (Å²) in [5, 5.41) is 0. The van der Waals surface area contributed by atoms with E-state index in [1.54, 1.807) is 0 Å². The predicted octanol–water partition coefficient (Wildman–Crippen LogP) is 3.79. The SMILES string of the molecule is CC(C)O[SiH](C)CCC[Si](C)(C)OC(C)C. The van der Waals surface area contributed by atoms with Crippen LogP contribution >= 0.6 is 0 Å². The van der Waals surface area contributed by atoms with E-state index in [9.17, 15) is 0 Å². The Morgan fingerprint density at radius 1 is 1.06 bits per heavy atom. The number of rotatable bonds is 8. The van der Waals surface area contributed by atoms with Crippen LogP contribution in [-0.4, -0.2) is 29.6 Å².